The molecule has 20 heavy (non-hydrogen) atoms. The third-order valence-corrected chi connectivity index (χ3v) is 3.79. The van der Waals surface area contributed by atoms with E-state index in [0.717, 1.165) is 30.5 Å². The number of rotatable bonds is 7. The first-order valence-corrected chi connectivity index (χ1v) is 7.10. The van der Waals surface area contributed by atoms with Gasteiger partial charge in [-0.15, -0.1) is 0 Å². The van der Waals surface area contributed by atoms with Gasteiger partial charge >= 0.3 is 0 Å². The van der Waals surface area contributed by atoms with Gasteiger partial charge in [-0.05, 0) is 12.5 Å². The summed E-state index contributed by atoms with van der Waals surface area (Å²) < 4.78 is 7.47. The molecule has 2 rings (SSSR count). The van der Waals surface area contributed by atoms with E-state index in [1.54, 1.807) is 7.11 Å². The molecule has 0 aliphatic carbocycles. The van der Waals surface area contributed by atoms with Crippen LogP contribution in [-0.4, -0.2) is 29.0 Å². The number of hydrogen-bond donors (Lipinski definition) is 2. The predicted octanol–water partition coefficient (Wildman–Crippen LogP) is 1.76. The average molecular weight is 276 g/mol. The number of nitrogens with two attached hydrogens (primary N) is 1. The molecule has 0 spiro atoms. The smallest absolute Gasteiger partial charge is 0.0741 e. The van der Waals surface area contributed by atoms with Gasteiger partial charge in [-0.25, -0.2) is 0 Å². The summed E-state index contributed by atoms with van der Waals surface area (Å²) in [5, 5.41) is 5.80. The van der Waals surface area contributed by atoms with Crippen LogP contribution in [0.4, 0.5) is 0 Å². The van der Waals surface area contributed by atoms with Crippen molar-refractivity contribution in [1.82, 2.24) is 15.2 Å². The fourth-order valence-corrected chi connectivity index (χ4v) is 2.71. The van der Waals surface area contributed by atoms with Crippen LogP contribution in [-0.2, 0) is 18.2 Å². The van der Waals surface area contributed by atoms with Gasteiger partial charge in [0.05, 0.1) is 23.4 Å². The number of hydrazine groups is 1. The SMILES string of the molecule is CCCC(OC)C(Cc1nn(C)c2ccccc12)NN. The van der Waals surface area contributed by atoms with Gasteiger partial charge in [-0.1, -0.05) is 31.5 Å². The van der Waals surface area contributed by atoms with Gasteiger partial charge in [0, 0.05) is 26.0 Å². The van der Waals surface area contributed by atoms with Crippen molar-refractivity contribution >= 4 is 10.9 Å². The summed E-state index contributed by atoms with van der Waals surface area (Å²) in [6.07, 6.45) is 2.91. The number of ether oxygens (including phenoxy) is 1. The van der Waals surface area contributed by atoms with Crippen molar-refractivity contribution in [2.45, 2.75) is 38.3 Å². The summed E-state index contributed by atoms with van der Waals surface area (Å²) in [4.78, 5) is 0. The van der Waals surface area contributed by atoms with Crippen molar-refractivity contribution in [1.29, 1.82) is 0 Å². The molecule has 110 valence electrons. The Morgan fingerprint density at radius 2 is 2.15 bits per heavy atom. The lowest BCUT2D eigenvalue weighted by molar-refractivity contribution is 0.0607. The van der Waals surface area contributed by atoms with Crippen LogP contribution in [0.3, 0.4) is 0 Å². The number of hydrogen-bond acceptors (Lipinski definition) is 4. The first-order chi connectivity index (χ1) is 9.71. The molecule has 5 nitrogen and oxygen atoms in total. The molecule has 2 aromatic rings. The predicted molar refractivity (Wildman–Crippen MR) is 81.2 cm³/mol. The standard InChI is InChI=1S/C15H24N4O/c1-4-7-15(20-3)13(17-16)10-12-11-8-5-6-9-14(11)19(2)18-12/h5-6,8-9,13,15,17H,4,7,10,16H2,1-3H3. The summed E-state index contributed by atoms with van der Waals surface area (Å²) in [6, 6.07) is 8.32. The molecule has 1 heterocycles. The lowest BCUT2D eigenvalue weighted by atomic mass is 10.0. The van der Waals surface area contributed by atoms with Crippen molar-refractivity contribution in [2.75, 3.05) is 7.11 Å². The number of nitrogens with one attached hydrogen (secondary N) is 1. The van der Waals surface area contributed by atoms with Gasteiger partial charge in [0.15, 0.2) is 0 Å². The van der Waals surface area contributed by atoms with Crippen molar-refractivity contribution in [2.24, 2.45) is 12.9 Å². The maximum Gasteiger partial charge on any atom is 0.0741 e. The van der Waals surface area contributed by atoms with Gasteiger partial charge in [0.1, 0.15) is 0 Å². The first kappa shape index (κ1) is 15.0. The van der Waals surface area contributed by atoms with Crippen LogP contribution in [0.1, 0.15) is 25.5 Å². The molecule has 0 amide bonds. The van der Waals surface area contributed by atoms with Gasteiger partial charge < -0.3 is 4.74 Å². The van der Waals surface area contributed by atoms with Crippen molar-refractivity contribution in [3.8, 4) is 0 Å². The van der Waals surface area contributed by atoms with Crippen LogP contribution in [0.15, 0.2) is 24.3 Å². The van der Waals surface area contributed by atoms with Gasteiger partial charge in [-0.2, -0.15) is 5.10 Å². The highest BCUT2D eigenvalue weighted by atomic mass is 16.5. The summed E-state index contributed by atoms with van der Waals surface area (Å²) in [6.45, 7) is 2.15. The molecule has 0 aliphatic rings. The monoisotopic (exact) mass is 276 g/mol. The topological polar surface area (TPSA) is 65.1 Å². The van der Waals surface area contributed by atoms with E-state index in [4.69, 9.17) is 10.6 Å². The Morgan fingerprint density at radius 1 is 1.40 bits per heavy atom. The molecule has 0 bridgehead atoms. The minimum absolute atomic E-state index is 0.0678. The van der Waals surface area contributed by atoms with Crippen molar-refractivity contribution in [3.63, 3.8) is 0 Å². The number of methoxy groups -OCH3 is 1. The summed E-state index contributed by atoms with van der Waals surface area (Å²) in [5.74, 6) is 5.71. The molecule has 0 saturated carbocycles. The third-order valence-electron chi connectivity index (χ3n) is 3.79. The Hall–Kier alpha value is -1.43. The van der Waals surface area contributed by atoms with E-state index in [2.05, 4.69) is 29.6 Å². The van der Waals surface area contributed by atoms with Gasteiger partial charge in [-0.3, -0.25) is 16.0 Å². The summed E-state index contributed by atoms with van der Waals surface area (Å²) >= 11 is 0. The van der Waals surface area contributed by atoms with Crippen LogP contribution in [0.25, 0.3) is 10.9 Å². The summed E-state index contributed by atoms with van der Waals surface area (Å²) in [5.41, 5.74) is 5.09. The zero-order valence-corrected chi connectivity index (χ0v) is 12.5. The normalized spacial score (nSPS) is 14.6. The molecule has 0 saturated heterocycles. The highest BCUT2D eigenvalue weighted by Crippen LogP contribution is 2.20. The zero-order chi connectivity index (χ0) is 14.5. The number of benzene rings is 1. The Morgan fingerprint density at radius 3 is 2.80 bits per heavy atom. The molecular weight excluding hydrogens is 252 g/mol. The van der Waals surface area contributed by atoms with E-state index in [-0.39, 0.29) is 12.1 Å². The highest BCUT2D eigenvalue weighted by molar-refractivity contribution is 5.81. The Bertz CT molecular complexity index is 552. The molecule has 2 unspecified atom stereocenters. The second-order valence-corrected chi connectivity index (χ2v) is 5.13. The number of fused-ring (bicyclic) bond motifs is 1. The molecule has 2 atom stereocenters. The Kier molecular flexibility index (Phi) is 5.11. The van der Waals surface area contributed by atoms with Gasteiger partial charge in [0.25, 0.3) is 0 Å². The minimum Gasteiger partial charge on any atom is -0.380 e. The number of para-hydroxylation sites is 1. The lowest BCUT2D eigenvalue weighted by Crippen LogP contribution is -2.46. The largest absolute Gasteiger partial charge is 0.380 e. The van der Waals surface area contributed by atoms with E-state index in [9.17, 15) is 0 Å². The highest BCUT2D eigenvalue weighted by Gasteiger charge is 2.22. The van der Waals surface area contributed by atoms with Crippen molar-refractivity contribution in [3.05, 3.63) is 30.0 Å². The van der Waals surface area contributed by atoms with Crippen LogP contribution < -0.4 is 11.3 Å². The lowest BCUT2D eigenvalue weighted by Gasteiger charge is -2.24. The molecule has 0 radical (unpaired) electrons. The maximum atomic E-state index is 5.71. The van der Waals surface area contributed by atoms with Crippen LogP contribution in [0, 0.1) is 0 Å². The fraction of sp³-hybridized carbons (Fsp3) is 0.533. The minimum atomic E-state index is 0.0678. The summed E-state index contributed by atoms with van der Waals surface area (Å²) in [7, 11) is 3.71. The van der Waals surface area contributed by atoms with E-state index in [1.807, 2.05) is 23.9 Å². The Labute approximate surface area is 120 Å². The van der Waals surface area contributed by atoms with Gasteiger partial charge in [0.2, 0.25) is 0 Å². The number of aromatic nitrogens is 2. The molecule has 0 fully saturated rings. The van der Waals surface area contributed by atoms with E-state index < -0.39 is 0 Å². The molecule has 3 N–H and O–H groups in total. The first-order valence-electron chi connectivity index (χ1n) is 7.10. The van der Waals surface area contributed by atoms with E-state index >= 15 is 0 Å². The van der Waals surface area contributed by atoms with Crippen LogP contribution in [0.5, 0.6) is 0 Å². The quantitative estimate of drug-likeness (QED) is 0.597. The Balaban J connectivity index is 2.25. The molecular formula is C15H24N4O. The second-order valence-electron chi connectivity index (χ2n) is 5.13. The van der Waals surface area contributed by atoms with Crippen LogP contribution >= 0.6 is 0 Å². The van der Waals surface area contributed by atoms with Crippen molar-refractivity contribution < 1.29 is 4.74 Å². The van der Waals surface area contributed by atoms with E-state index in [1.165, 1.54) is 5.39 Å². The second kappa shape index (κ2) is 6.83. The van der Waals surface area contributed by atoms with Crippen LogP contribution in [0.2, 0.25) is 0 Å². The zero-order valence-electron chi connectivity index (χ0n) is 12.5. The molecule has 0 aliphatic heterocycles. The average Bonchev–Trinajstić information content (AvgIpc) is 2.79. The third kappa shape index (κ3) is 3.00. The number of nitrogens with zero attached hydrogens (tertiary/aromatic N) is 2. The maximum absolute atomic E-state index is 5.71. The molecule has 1 aromatic carbocycles. The van der Waals surface area contributed by atoms with E-state index in [0.29, 0.717) is 0 Å². The number of aryl methyl sites for hydroxylation is 1. The molecule has 1 aromatic heterocycles. The fourth-order valence-electron chi connectivity index (χ4n) is 2.71. The molecule has 5 heteroatoms.